The molecule has 1 saturated heterocycles. The molecule has 1 fully saturated rings. The van der Waals surface area contributed by atoms with Gasteiger partial charge >= 0.3 is 6.03 Å². The predicted octanol–water partition coefficient (Wildman–Crippen LogP) is 2.28. The monoisotopic (exact) mass is 347 g/mol. The number of benzene rings is 1. The predicted molar refractivity (Wildman–Crippen MR) is 96.7 cm³/mol. The van der Waals surface area contributed by atoms with E-state index in [0.717, 1.165) is 18.4 Å². The van der Waals surface area contributed by atoms with Gasteiger partial charge in [0.05, 0.1) is 18.7 Å². The molecular formula is C19H29N3O3. The van der Waals surface area contributed by atoms with Crippen molar-refractivity contribution in [3.05, 3.63) is 35.9 Å². The van der Waals surface area contributed by atoms with E-state index >= 15 is 0 Å². The summed E-state index contributed by atoms with van der Waals surface area (Å²) in [6.07, 6.45) is 1.32. The molecule has 1 aromatic rings. The van der Waals surface area contributed by atoms with E-state index in [2.05, 4.69) is 0 Å². The molecule has 2 atom stereocenters. The summed E-state index contributed by atoms with van der Waals surface area (Å²) in [5.74, 6) is -0.224. The Morgan fingerprint density at radius 3 is 2.36 bits per heavy atom. The van der Waals surface area contributed by atoms with Crippen LogP contribution in [-0.4, -0.2) is 63.7 Å². The van der Waals surface area contributed by atoms with Gasteiger partial charge in [-0.25, -0.2) is 14.8 Å². The van der Waals surface area contributed by atoms with Gasteiger partial charge in [-0.3, -0.25) is 4.79 Å². The van der Waals surface area contributed by atoms with Gasteiger partial charge in [-0.1, -0.05) is 44.2 Å². The highest BCUT2D eigenvalue weighted by Gasteiger charge is 2.40. The molecule has 0 bridgehead atoms. The number of nitrogens with zero attached hydrogens (tertiary/aromatic N) is 3. The molecule has 3 amide bonds. The van der Waals surface area contributed by atoms with E-state index in [-0.39, 0.29) is 24.5 Å². The van der Waals surface area contributed by atoms with Crippen LogP contribution in [0.3, 0.4) is 0 Å². The summed E-state index contributed by atoms with van der Waals surface area (Å²) in [6, 6.07) is 9.31. The first-order valence-corrected chi connectivity index (χ1v) is 9.07. The summed E-state index contributed by atoms with van der Waals surface area (Å²) < 4.78 is 0. The Morgan fingerprint density at radius 2 is 1.80 bits per heavy atom. The second kappa shape index (κ2) is 8.85. The highest BCUT2D eigenvalue weighted by atomic mass is 16.3. The fourth-order valence-corrected chi connectivity index (χ4v) is 3.33. The summed E-state index contributed by atoms with van der Waals surface area (Å²) in [4.78, 5) is 26.9. The number of hydrogen-bond donors (Lipinski definition) is 1. The number of hydrogen-bond acceptors (Lipinski definition) is 3. The van der Waals surface area contributed by atoms with Crippen molar-refractivity contribution in [2.45, 2.75) is 52.2 Å². The normalized spacial score (nSPS) is 21.4. The van der Waals surface area contributed by atoms with E-state index in [4.69, 9.17) is 0 Å². The second-order valence-electron chi connectivity index (χ2n) is 6.52. The van der Waals surface area contributed by atoms with Gasteiger partial charge in [0, 0.05) is 20.0 Å². The lowest BCUT2D eigenvalue weighted by Gasteiger charge is -2.35. The van der Waals surface area contributed by atoms with Gasteiger partial charge in [0.2, 0.25) is 5.91 Å². The molecule has 0 aromatic heterocycles. The number of carbonyl (C=O) groups excluding carboxylic acids is 2. The minimum absolute atomic E-state index is 0.138. The summed E-state index contributed by atoms with van der Waals surface area (Å²) in [5, 5.41) is 13.7. The molecule has 1 heterocycles. The van der Waals surface area contributed by atoms with Crippen LogP contribution in [0.15, 0.2) is 30.3 Å². The van der Waals surface area contributed by atoms with Crippen LogP contribution in [0.25, 0.3) is 0 Å². The molecule has 6 nitrogen and oxygen atoms in total. The zero-order valence-corrected chi connectivity index (χ0v) is 15.4. The number of amides is 3. The van der Waals surface area contributed by atoms with Gasteiger partial charge in [0.1, 0.15) is 0 Å². The fourth-order valence-electron chi connectivity index (χ4n) is 3.33. The Hall–Kier alpha value is -2.08. The minimum Gasteiger partial charge on any atom is -0.389 e. The van der Waals surface area contributed by atoms with Crippen molar-refractivity contribution in [1.29, 1.82) is 0 Å². The minimum atomic E-state index is -0.790. The van der Waals surface area contributed by atoms with Gasteiger partial charge in [-0.2, -0.15) is 0 Å². The molecule has 1 N–H and O–H groups in total. The van der Waals surface area contributed by atoms with Crippen LogP contribution in [0.4, 0.5) is 4.79 Å². The third-order valence-corrected chi connectivity index (χ3v) is 4.51. The van der Waals surface area contributed by atoms with Gasteiger partial charge in [-0.05, 0) is 24.8 Å². The summed E-state index contributed by atoms with van der Waals surface area (Å²) >= 11 is 0. The quantitative estimate of drug-likeness (QED) is 0.859. The highest BCUT2D eigenvalue weighted by molar-refractivity contribution is 5.81. The van der Waals surface area contributed by atoms with Gasteiger partial charge < -0.3 is 10.0 Å². The van der Waals surface area contributed by atoms with Crippen molar-refractivity contribution in [2.24, 2.45) is 0 Å². The van der Waals surface area contributed by atoms with Crippen molar-refractivity contribution in [2.75, 3.05) is 19.6 Å². The van der Waals surface area contributed by atoms with E-state index in [1.807, 2.05) is 44.2 Å². The van der Waals surface area contributed by atoms with Gasteiger partial charge in [-0.15, -0.1) is 0 Å². The molecule has 0 saturated carbocycles. The third-order valence-electron chi connectivity index (χ3n) is 4.51. The van der Waals surface area contributed by atoms with Crippen LogP contribution in [0.1, 0.15) is 39.2 Å². The lowest BCUT2D eigenvalue weighted by molar-refractivity contribution is -0.143. The molecule has 2 rings (SSSR count). The van der Waals surface area contributed by atoms with Crippen molar-refractivity contribution in [3.8, 4) is 0 Å². The van der Waals surface area contributed by atoms with Crippen molar-refractivity contribution in [3.63, 3.8) is 0 Å². The Balaban J connectivity index is 2.36. The lowest BCUT2D eigenvalue weighted by atomic mass is 9.99. The Bertz CT molecular complexity index is 579. The highest BCUT2D eigenvalue weighted by Crippen LogP contribution is 2.22. The smallest absolute Gasteiger partial charge is 0.339 e. The summed E-state index contributed by atoms with van der Waals surface area (Å²) in [5.41, 5.74) is 1.07. The average Bonchev–Trinajstić information content (AvgIpc) is 2.69. The van der Waals surface area contributed by atoms with Gasteiger partial charge in [0.15, 0.2) is 0 Å². The Labute approximate surface area is 150 Å². The number of hydrazine groups is 1. The molecule has 1 aromatic carbocycles. The first-order valence-electron chi connectivity index (χ1n) is 9.07. The molecule has 1 aliphatic heterocycles. The van der Waals surface area contributed by atoms with Crippen LogP contribution < -0.4 is 0 Å². The molecule has 138 valence electrons. The number of rotatable bonds is 6. The zero-order chi connectivity index (χ0) is 18.4. The Kier molecular flexibility index (Phi) is 6.82. The van der Waals surface area contributed by atoms with E-state index < -0.39 is 6.10 Å². The maximum Gasteiger partial charge on any atom is 0.339 e. The largest absolute Gasteiger partial charge is 0.389 e. The lowest BCUT2D eigenvalue weighted by Crippen LogP contribution is -2.53. The second-order valence-corrected chi connectivity index (χ2v) is 6.52. The number of aliphatic hydroxyl groups excluding tert-OH is 1. The summed E-state index contributed by atoms with van der Waals surface area (Å²) in [6.45, 7) is 6.57. The molecule has 0 spiro atoms. The molecule has 1 aliphatic rings. The first kappa shape index (κ1) is 19.2. The number of aliphatic hydroxyl groups is 1. The number of β-amino-alcohol motifs (C(OH)–C–C–N with tert-alkyl or cyclic N) is 1. The van der Waals surface area contributed by atoms with Crippen molar-refractivity contribution in [1.82, 2.24) is 14.9 Å². The van der Waals surface area contributed by atoms with Crippen LogP contribution in [0.5, 0.6) is 0 Å². The molecule has 0 unspecified atom stereocenters. The topological polar surface area (TPSA) is 64.1 Å². The van der Waals surface area contributed by atoms with E-state index in [9.17, 15) is 14.7 Å². The standard InChI is InChI=1S/C19H29N3O3/c1-4-11-20-17(13-16-9-7-6-8-10-16)18(24)14-22(15(3)23)21(12-5-2)19(20)25/h6-10,17-18,24H,4-5,11-14H2,1-3H3/t17-,18-/m1/s1. The maximum atomic E-state index is 13.1. The average molecular weight is 347 g/mol. The van der Waals surface area contributed by atoms with Gasteiger partial charge in [0.25, 0.3) is 0 Å². The number of urea groups is 1. The van der Waals surface area contributed by atoms with Crippen LogP contribution in [0.2, 0.25) is 0 Å². The summed E-state index contributed by atoms with van der Waals surface area (Å²) in [7, 11) is 0. The molecule has 0 aliphatic carbocycles. The van der Waals surface area contributed by atoms with Crippen molar-refractivity contribution >= 4 is 11.9 Å². The van der Waals surface area contributed by atoms with E-state index in [1.165, 1.54) is 16.9 Å². The van der Waals surface area contributed by atoms with Crippen LogP contribution in [-0.2, 0) is 11.2 Å². The number of carbonyl (C=O) groups is 2. The zero-order valence-electron chi connectivity index (χ0n) is 15.4. The molecular weight excluding hydrogens is 318 g/mol. The Morgan fingerprint density at radius 1 is 1.16 bits per heavy atom. The maximum absolute atomic E-state index is 13.1. The molecule has 25 heavy (non-hydrogen) atoms. The molecule has 6 heteroatoms. The van der Waals surface area contributed by atoms with Crippen LogP contribution >= 0.6 is 0 Å². The van der Waals surface area contributed by atoms with Crippen molar-refractivity contribution < 1.29 is 14.7 Å². The SMILES string of the molecule is CCCN1C(=O)N(CCC)N(C(C)=O)C[C@@H](O)[C@H]1Cc1ccccc1. The first-order chi connectivity index (χ1) is 12.0. The van der Waals surface area contributed by atoms with E-state index in [1.54, 1.807) is 4.90 Å². The van der Waals surface area contributed by atoms with Crippen LogP contribution in [0, 0.1) is 0 Å². The van der Waals surface area contributed by atoms with E-state index in [0.29, 0.717) is 19.5 Å². The molecule has 0 radical (unpaired) electrons. The fraction of sp³-hybridized carbons (Fsp3) is 0.579. The third kappa shape index (κ3) is 4.51.